The molecule has 0 aliphatic carbocycles. The molecule has 3 aromatic rings. The van der Waals surface area contributed by atoms with Gasteiger partial charge in [-0.1, -0.05) is 42.0 Å². The maximum Gasteiger partial charge on any atom is 0.274 e. The average molecular weight is 477 g/mol. The number of anilines is 1. The van der Waals surface area contributed by atoms with Gasteiger partial charge < -0.3 is 0 Å². The molecule has 4 rings (SSSR count). The number of aryl methyl sites for hydroxylation is 1. The third kappa shape index (κ3) is 4.55. The van der Waals surface area contributed by atoms with Gasteiger partial charge in [0.15, 0.2) is 0 Å². The topological polar surface area (TPSA) is 74.8 Å². The first-order valence-electron chi connectivity index (χ1n) is 10.0. The van der Waals surface area contributed by atoms with Crippen LogP contribution < -0.4 is 4.31 Å². The molecule has 1 saturated heterocycles. The molecule has 0 atom stereocenters. The van der Waals surface area contributed by atoms with E-state index in [1.165, 1.54) is 20.7 Å². The summed E-state index contributed by atoms with van der Waals surface area (Å²) >= 11 is 1.14. The lowest BCUT2D eigenvalue weighted by atomic mass is 10.1. The van der Waals surface area contributed by atoms with Crippen molar-refractivity contribution < 1.29 is 16.8 Å². The van der Waals surface area contributed by atoms with Gasteiger partial charge in [0.05, 0.1) is 17.1 Å². The van der Waals surface area contributed by atoms with Crippen LogP contribution in [0.15, 0.2) is 75.1 Å². The molecule has 2 aromatic carbocycles. The summed E-state index contributed by atoms with van der Waals surface area (Å²) in [4.78, 5) is 0.113. The zero-order valence-corrected chi connectivity index (χ0v) is 19.6. The van der Waals surface area contributed by atoms with Crippen molar-refractivity contribution in [2.24, 2.45) is 0 Å². The Kier molecular flexibility index (Phi) is 6.20. The first kappa shape index (κ1) is 22.0. The highest BCUT2D eigenvalue weighted by molar-refractivity contribution is 7.94. The lowest BCUT2D eigenvalue weighted by Crippen LogP contribution is -2.31. The van der Waals surface area contributed by atoms with Gasteiger partial charge in [-0.15, -0.1) is 11.3 Å². The first-order chi connectivity index (χ1) is 14.8. The van der Waals surface area contributed by atoms with Gasteiger partial charge in [-0.25, -0.2) is 16.8 Å². The molecular weight excluding hydrogens is 452 g/mol. The molecule has 0 unspecified atom stereocenters. The Morgan fingerprint density at radius 3 is 2.29 bits per heavy atom. The number of nitrogens with zero attached hydrogens (tertiary/aromatic N) is 2. The molecule has 0 spiro atoms. The summed E-state index contributed by atoms with van der Waals surface area (Å²) in [6.07, 6.45) is 1.68. The van der Waals surface area contributed by atoms with Gasteiger partial charge in [0, 0.05) is 13.1 Å². The maximum atomic E-state index is 13.5. The van der Waals surface area contributed by atoms with Crippen molar-refractivity contribution in [1.82, 2.24) is 4.31 Å². The molecule has 0 saturated carbocycles. The van der Waals surface area contributed by atoms with Gasteiger partial charge in [-0.05, 0) is 55.0 Å². The number of hydrogen-bond donors (Lipinski definition) is 0. The van der Waals surface area contributed by atoms with Gasteiger partial charge in [0.2, 0.25) is 10.0 Å². The molecule has 1 aliphatic heterocycles. The van der Waals surface area contributed by atoms with E-state index >= 15 is 0 Å². The van der Waals surface area contributed by atoms with Crippen molar-refractivity contribution >= 4 is 37.1 Å². The minimum Gasteiger partial charge on any atom is -0.261 e. The molecule has 6 nitrogen and oxygen atoms in total. The Bertz CT molecular complexity index is 1250. The van der Waals surface area contributed by atoms with Crippen LogP contribution in [-0.2, 0) is 26.6 Å². The van der Waals surface area contributed by atoms with E-state index in [1.54, 1.807) is 29.6 Å². The molecule has 0 N–H and O–H groups in total. The molecule has 0 radical (unpaired) electrons. The predicted octanol–water partition coefficient (Wildman–Crippen LogP) is 4.24. The Hall–Kier alpha value is -2.20. The maximum absolute atomic E-state index is 13.5. The molecule has 9 heteroatoms. The van der Waals surface area contributed by atoms with E-state index in [2.05, 4.69) is 0 Å². The highest BCUT2D eigenvalue weighted by Gasteiger charge is 2.30. The third-order valence-electron chi connectivity index (χ3n) is 5.29. The molecule has 0 amide bonds. The lowest BCUT2D eigenvalue weighted by molar-refractivity contribution is 0.477. The number of sulfonamides is 2. The lowest BCUT2D eigenvalue weighted by Gasteiger charge is -2.25. The van der Waals surface area contributed by atoms with E-state index in [9.17, 15) is 16.8 Å². The van der Waals surface area contributed by atoms with Gasteiger partial charge in [-0.3, -0.25) is 4.31 Å². The van der Waals surface area contributed by atoms with Crippen LogP contribution in [0.2, 0.25) is 0 Å². The standard InChI is InChI=1S/C22H24N2O4S3/c1-18-9-11-19(12-10-18)17-24(31(27,28)22-8-5-15-29-22)20-6-4-7-21(16-20)30(25,26)23-13-2-3-14-23/h4-12,15-16H,2-3,13-14,17H2,1H3. The SMILES string of the molecule is Cc1ccc(CN(c2cccc(S(=O)(=O)N3CCCC3)c2)S(=O)(=O)c2cccs2)cc1. The number of thiophene rings is 1. The van der Waals surface area contributed by atoms with E-state index in [4.69, 9.17) is 0 Å². The highest BCUT2D eigenvalue weighted by atomic mass is 32.2. The number of benzene rings is 2. The van der Waals surface area contributed by atoms with Crippen molar-refractivity contribution in [3.05, 3.63) is 77.2 Å². The van der Waals surface area contributed by atoms with Crippen LogP contribution in [0, 0.1) is 6.92 Å². The van der Waals surface area contributed by atoms with Crippen LogP contribution in [0.5, 0.6) is 0 Å². The second kappa shape index (κ2) is 8.74. The Labute approximate surface area is 187 Å². The summed E-state index contributed by atoms with van der Waals surface area (Å²) in [5, 5.41) is 1.71. The van der Waals surface area contributed by atoms with Gasteiger partial charge in [-0.2, -0.15) is 4.31 Å². The molecule has 2 heterocycles. The monoisotopic (exact) mass is 476 g/mol. The first-order valence-corrected chi connectivity index (χ1v) is 13.8. The second-order valence-electron chi connectivity index (χ2n) is 7.54. The van der Waals surface area contributed by atoms with Gasteiger partial charge in [0.25, 0.3) is 10.0 Å². The van der Waals surface area contributed by atoms with Crippen molar-refractivity contribution in [2.75, 3.05) is 17.4 Å². The van der Waals surface area contributed by atoms with E-state index in [0.29, 0.717) is 18.8 Å². The van der Waals surface area contributed by atoms with Gasteiger partial charge >= 0.3 is 0 Å². The molecule has 1 fully saturated rings. The molecular formula is C22H24N2O4S3. The van der Waals surface area contributed by atoms with Crippen LogP contribution in [0.4, 0.5) is 5.69 Å². The summed E-state index contributed by atoms with van der Waals surface area (Å²) in [7, 11) is -7.52. The van der Waals surface area contributed by atoms with Crippen LogP contribution in [0.25, 0.3) is 0 Å². The fourth-order valence-corrected chi connectivity index (χ4v) is 7.68. The molecule has 1 aliphatic rings. The predicted molar refractivity (Wildman–Crippen MR) is 123 cm³/mol. The summed E-state index contributed by atoms with van der Waals surface area (Å²) in [6, 6.07) is 17.1. The fourth-order valence-electron chi connectivity index (χ4n) is 3.57. The number of rotatable bonds is 7. The van der Waals surface area contributed by atoms with E-state index in [0.717, 1.165) is 35.3 Å². The van der Waals surface area contributed by atoms with Crippen molar-refractivity contribution in [1.29, 1.82) is 0 Å². The summed E-state index contributed by atoms with van der Waals surface area (Å²) in [5.74, 6) is 0. The molecule has 31 heavy (non-hydrogen) atoms. The zero-order valence-electron chi connectivity index (χ0n) is 17.1. The molecule has 0 bridgehead atoms. The summed E-state index contributed by atoms with van der Waals surface area (Å²) in [5.41, 5.74) is 2.22. The molecule has 164 valence electrons. The Balaban J connectivity index is 1.77. The number of hydrogen-bond acceptors (Lipinski definition) is 5. The smallest absolute Gasteiger partial charge is 0.261 e. The van der Waals surface area contributed by atoms with E-state index < -0.39 is 20.0 Å². The van der Waals surface area contributed by atoms with Crippen LogP contribution >= 0.6 is 11.3 Å². The van der Waals surface area contributed by atoms with Crippen molar-refractivity contribution in [2.45, 2.75) is 35.4 Å². The van der Waals surface area contributed by atoms with E-state index in [1.807, 2.05) is 31.2 Å². The van der Waals surface area contributed by atoms with Crippen LogP contribution in [-0.4, -0.2) is 34.2 Å². The van der Waals surface area contributed by atoms with Crippen LogP contribution in [0.1, 0.15) is 24.0 Å². The fraction of sp³-hybridized carbons (Fsp3) is 0.273. The summed E-state index contributed by atoms with van der Waals surface area (Å²) in [6.45, 7) is 3.06. The van der Waals surface area contributed by atoms with Gasteiger partial charge in [0.1, 0.15) is 4.21 Å². The highest BCUT2D eigenvalue weighted by Crippen LogP contribution is 2.31. The summed E-state index contributed by atoms with van der Waals surface area (Å²) < 4.78 is 56.0. The average Bonchev–Trinajstić information content (AvgIpc) is 3.48. The van der Waals surface area contributed by atoms with Crippen molar-refractivity contribution in [3.8, 4) is 0 Å². The minimum absolute atomic E-state index is 0.105. The van der Waals surface area contributed by atoms with E-state index in [-0.39, 0.29) is 15.6 Å². The third-order valence-corrected chi connectivity index (χ3v) is 10.3. The Morgan fingerprint density at radius 2 is 1.65 bits per heavy atom. The molecule has 1 aromatic heterocycles. The Morgan fingerprint density at radius 1 is 0.935 bits per heavy atom. The van der Waals surface area contributed by atoms with Crippen molar-refractivity contribution in [3.63, 3.8) is 0 Å². The normalized spacial score (nSPS) is 15.3. The second-order valence-corrected chi connectivity index (χ2v) is 12.5. The van der Waals surface area contributed by atoms with Crippen LogP contribution in [0.3, 0.4) is 0 Å². The largest absolute Gasteiger partial charge is 0.274 e. The quantitative estimate of drug-likeness (QED) is 0.511. The minimum atomic E-state index is -3.86. The zero-order chi connectivity index (χ0) is 22.1.